The second kappa shape index (κ2) is 10.6. The molecule has 0 saturated heterocycles. The maximum atomic E-state index is 14.4. The van der Waals surface area contributed by atoms with E-state index >= 15 is 0 Å². The largest absolute Gasteiger partial charge is 0.416 e. The van der Waals surface area contributed by atoms with Crippen LogP contribution in [0.1, 0.15) is 66.7 Å². The lowest BCUT2D eigenvalue weighted by Crippen LogP contribution is -2.20. The SMILES string of the molecule is C=CCCC1CCC(c2ccc(C(F)(F)OCCc3ccc(C(F)(F)F)cc3)cc2)CC1. The average Bonchev–Trinajstić information content (AvgIpc) is 2.78. The van der Waals surface area contributed by atoms with Gasteiger partial charge in [-0.15, -0.1) is 6.58 Å². The van der Waals surface area contributed by atoms with Gasteiger partial charge in [-0.3, -0.25) is 0 Å². The Balaban J connectivity index is 1.50. The molecule has 2 aromatic carbocycles. The number of allylic oxidation sites excluding steroid dienone is 1. The van der Waals surface area contributed by atoms with Crippen LogP contribution in [0.15, 0.2) is 61.2 Å². The third-order valence-electron chi connectivity index (χ3n) is 6.30. The van der Waals surface area contributed by atoms with Gasteiger partial charge in [-0.1, -0.05) is 42.5 Å². The molecular formula is C26H29F5O. The maximum Gasteiger partial charge on any atom is 0.416 e. The summed E-state index contributed by atoms with van der Waals surface area (Å²) in [5.74, 6) is 1.13. The summed E-state index contributed by atoms with van der Waals surface area (Å²) >= 11 is 0. The Morgan fingerprint density at radius 2 is 1.44 bits per heavy atom. The summed E-state index contributed by atoms with van der Waals surface area (Å²) in [5, 5.41) is 0. The van der Waals surface area contributed by atoms with Crippen LogP contribution in [0.2, 0.25) is 0 Å². The molecule has 0 N–H and O–H groups in total. The van der Waals surface area contributed by atoms with E-state index in [-0.39, 0.29) is 18.6 Å². The van der Waals surface area contributed by atoms with E-state index in [0.29, 0.717) is 11.5 Å². The zero-order valence-corrected chi connectivity index (χ0v) is 18.0. The summed E-state index contributed by atoms with van der Waals surface area (Å²) < 4.78 is 71.5. The fourth-order valence-electron chi connectivity index (χ4n) is 4.33. The predicted molar refractivity (Wildman–Crippen MR) is 116 cm³/mol. The van der Waals surface area contributed by atoms with E-state index in [2.05, 4.69) is 6.58 Å². The van der Waals surface area contributed by atoms with Gasteiger partial charge in [0, 0.05) is 0 Å². The number of alkyl halides is 5. The first kappa shape index (κ1) is 24.4. The van der Waals surface area contributed by atoms with Gasteiger partial charge >= 0.3 is 12.3 Å². The smallest absolute Gasteiger partial charge is 0.316 e. The van der Waals surface area contributed by atoms with Gasteiger partial charge in [0.2, 0.25) is 0 Å². The van der Waals surface area contributed by atoms with E-state index in [0.717, 1.165) is 55.7 Å². The van der Waals surface area contributed by atoms with E-state index in [9.17, 15) is 22.0 Å². The third kappa shape index (κ3) is 6.64. The fourth-order valence-corrected chi connectivity index (χ4v) is 4.33. The highest BCUT2D eigenvalue weighted by atomic mass is 19.4. The van der Waals surface area contributed by atoms with Crippen molar-refractivity contribution in [2.24, 2.45) is 5.92 Å². The molecule has 1 fully saturated rings. The number of rotatable bonds is 9. The Morgan fingerprint density at radius 3 is 2.00 bits per heavy atom. The van der Waals surface area contributed by atoms with Crippen molar-refractivity contribution in [1.29, 1.82) is 0 Å². The number of halogens is 5. The second-order valence-electron chi connectivity index (χ2n) is 8.52. The average molecular weight is 453 g/mol. The first-order valence-corrected chi connectivity index (χ1v) is 11.1. The molecular weight excluding hydrogens is 423 g/mol. The van der Waals surface area contributed by atoms with Crippen LogP contribution in [0.5, 0.6) is 0 Å². The lowest BCUT2D eigenvalue weighted by molar-refractivity contribution is -0.248. The molecule has 0 spiro atoms. The highest BCUT2D eigenvalue weighted by molar-refractivity contribution is 5.28. The minimum Gasteiger partial charge on any atom is -0.316 e. The summed E-state index contributed by atoms with van der Waals surface area (Å²) in [6.45, 7) is 3.48. The van der Waals surface area contributed by atoms with Crippen molar-refractivity contribution in [2.45, 2.75) is 63.1 Å². The Labute approximate surface area is 186 Å². The molecule has 0 radical (unpaired) electrons. The number of ether oxygens (including phenoxy) is 1. The summed E-state index contributed by atoms with van der Waals surface area (Å²) in [5.41, 5.74) is 0.607. The number of hydrogen-bond donors (Lipinski definition) is 0. The van der Waals surface area contributed by atoms with Crippen LogP contribution < -0.4 is 0 Å². The van der Waals surface area contributed by atoms with Crippen molar-refractivity contribution < 1.29 is 26.7 Å². The Morgan fingerprint density at radius 1 is 0.844 bits per heavy atom. The molecule has 174 valence electrons. The van der Waals surface area contributed by atoms with Crippen LogP contribution in [0.25, 0.3) is 0 Å². The molecule has 32 heavy (non-hydrogen) atoms. The standard InChI is InChI=1S/C26H29F5O/c1-2-3-4-19-5-9-21(10-6-19)22-11-15-24(16-12-22)26(30,31)32-18-17-20-7-13-23(14-8-20)25(27,28)29/h2,7-8,11-16,19,21H,1,3-6,9-10,17-18H2. The summed E-state index contributed by atoms with van der Waals surface area (Å²) in [4.78, 5) is 0. The van der Waals surface area contributed by atoms with Crippen molar-refractivity contribution in [2.75, 3.05) is 6.61 Å². The normalized spacial score (nSPS) is 19.7. The molecule has 1 nitrogen and oxygen atoms in total. The zero-order valence-electron chi connectivity index (χ0n) is 18.0. The monoisotopic (exact) mass is 452 g/mol. The number of hydrogen-bond acceptors (Lipinski definition) is 1. The van der Waals surface area contributed by atoms with Gasteiger partial charge in [0.05, 0.1) is 17.7 Å². The molecule has 0 unspecified atom stereocenters. The van der Waals surface area contributed by atoms with Gasteiger partial charge in [-0.05, 0) is 80.0 Å². The van der Waals surface area contributed by atoms with Crippen LogP contribution in [0, 0.1) is 5.92 Å². The lowest BCUT2D eigenvalue weighted by Gasteiger charge is -2.29. The van der Waals surface area contributed by atoms with Crippen LogP contribution in [-0.4, -0.2) is 6.61 Å². The zero-order chi connectivity index (χ0) is 23.2. The first-order valence-electron chi connectivity index (χ1n) is 11.1. The molecule has 6 heteroatoms. The molecule has 3 rings (SSSR count). The highest BCUT2D eigenvalue weighted by Crippen LogP contribution is 2.38. The number of benzene rings is 2. The summed E-state index contributed by atoms with van der Waals surface area (Å²) in [6.07, 6.45) is 0.849. The van der Waals surface area contributed by atoms with E-state index in [1.165, 1.54) is 30.7 Å². The Hall–Kier alpha value is -2.21. The van der Waals surface area contributed by atoms with Gasteiger partial charge in [0.1, 0.15) is 0 Å². The van der Waals surface area contributed by atoms with Gasteiger partial charge in [-0.25, -0.2) is 0 Å². The minimum atomic E-state index is -4.42. The Kier molecular flexibility index (Phi) is 8.10. The topological polar surface area (TPSA) is 9.23 Å². The summed E-state index contributed by atoms with van der Waals surface area (Å²) in [6, 6.07) is 10.8. The summed E-state index contributed by atoms with van der Waals surface area (Å²) in [7, 11) is 0. The quantitative estimate of drug-likeness (QED) is 0.275. The van der Waals surface area contributed by atoms with E-state index in [1.807, 2.05) is 6.08 Å². The highest BCUT2D eigenvalue weighted by Gasteiger charge is 2.33. The van der Waals surface area contributed by atoms with Crippen LogP contribution in [0.3, 0.4) is 0 Å². The molecule has 0 bridgehead atoms. The second-order valence-corrected chi connectivity index (χ2v) is 8.52. The van der Waals surface area contributed by atoms with Crippen LogP contribution in [0.4, 0.5) is 22.0 Å². The van der Waals surface area contributed by atoms with Crippen LogP contribution in [-0.2, 0) is 23.4 Å². The molecule has 0 atom stereocenters. The predicted octanol–water partition coefficient (Wildman–Crippen LogP) is 8.25. The van der Waals surface area contributed by atoms with Crippen molar-refractivity contribution in [3.63, 3.8) is 0 Å². The Bertz CT molecular complexity index is 847. The molecule has 1 aliphatic rings. The van der Waals surface area contributed by atoms with Gasteiger partial charge in [0.15, 0.2) is 0 Å². The van der Waals surface area contributed by atoms with Crippen molar-refractivity contribution in [3.8, 4) is 0 Å². The van der Waals surface area contributed by atoms with Crippen LogP contribution >= 0.6 is 0 Å². The molecule has 2 aromatic rings. The van der Waals surface area contributed by atoms with Crippen molar-refractivity contribution in [1.82, 2.24) is 0 Å². The van der Waals surface area contributed by atoms with Crippen molar-refractivity contribution in [3.05, 3.63) is 83.4 Å². The van der Waals surface area contributed by atoms with Gasteiger partial charge in [-0.2, -0.15) is 22.0 Å². The molecule has 1 aliphatic carbocycles. The molecule has 1 saturated carbocycles. The van der Waals surface area contributed by atoms with Gasteiger partial charge < -0.3 is 4.74 Å². The van der Waals surface area contributed by atoms with E-state index in [1.54, 1.807) is 12.1 Å². The van der Waals surface area contributed by atoms with E-state index in [4.69, 9.17) is 4.74 Å². The van der Waals surface area contributed by atoms with E-state index < -0.39 is 17.8 Å². The van der Waals surface area contributed by atoms with Gasteiger partial charge in [0.25, 0.3) is 0 Å². The van der Waals surface area contributed by atoms with Crippen molar-refractivity contribution >= 4 is 0 Å². The fraction of sp³-hybridized carbons (Fsp3) is 0.462. The molecule has 0 heterocycles. The minimum absolute atomic E-state index is 0.0981. The molecule has 0 aliphatic heterocycles. The first-order chi connectivity index (χ1) is 15.2. The molecule has 0 aromatic heterocycles. The maximum absolute atomic E-state index is 14.4. The lowest BCUT2D eigenvalue weighted by atomic mass is 9.77. The third-order valence-corrected chi connectivity index (χ3v) is 6.30. The molecule has 0 amide bonds.